The highest BCUT2D eigenvalue weighted by molar-refractivity contribution is 7.08. The van der Waals surface area contributed by atoms with Crippen molar-refractivity contribution in [1.29, 1.82) is 0 Å². The van der Waals surface area contributed by atoms with Crippen LogP contribution in [0.4, 0.5) is 0 Å². The van der Waals surface area contributed by atoms with Crippen LogP contribution in [-0.4, -0.2) is 23.2 Å². The monoisotopic (exact) mass is 173 g/mol. The van der Waals surface area contributed by atoms with Gasteiger partial charge in [-0.15, -0.1) is 6.58 Å². The van der Waals surface area contributed by atoms with Crippen LogP contribution in [0, 0.1) is 0 Å². The molecule has 0 heterocycles. The van der Waals surface area contributed by atoms with Crippen LogP contribution in [-0.2, 0) is 0 Å². The van der Waals surface area contributed by atoms with Gasteiger partial charge in [0.2, 0.25) is 0 Å². The Morgan fingerprint density at radius 2 is 1.64 bits per heavy atom. The van der Waals surface area contributed by atoms with Crippen LogP contribution in [0.5, 0.6) is 0 Å². The van der Waals surface area contributed by atoms with Gasteiger partial charge >= 0.3 is 6.26 Å². The molecule has 0 amide bonds. The van der Waals surface area contributed by atoms with E-state index in [9.17, 15) is 0 Å². The van der Waals surface area contributed by atoms with E-state index in [1.54, 1.807) is 5.98 Å². The van der Waals surface area contributed by atoms with Gasteiger partial charge in [-0.05, 0) is 12.1 Å². The Morgan fingerprint density at radius 3 is 1.73 bits per heavy atom. The first kappa shape index (κ1) is 11.1. The van der Waals surface area contributed by atoms with E-state index in [1.165, 1.54) is 0 Å². The largest absolute Gasteiger partial charge is 0.356 e. The molecule has 11 heavy (non-hydrogen) atoms. The van der Waals surface area contributed by atoms with Crippen molar-refractivity contribution < 1.29 is 0 Å². The standard InChI is InChI=1S/C8H17BClN/c1-6-9(10)11(7(2)3)8(4)5/h6-8H,1H2,2-5H3. The summed E-state index contributed by atoms with van der Waals surface area (Å²) in [6.45, 7) is 12.2. The summed E-state index contributed by atoms with van der Waals surface area (Å²) in [6.07, 6.45) is -0.0463. The van der Waals surface area contributed by atoms with Crippen molar-refractivity contribution in [3.8, 4) is 0 Å². The summed E-state index contributed by atoms with van der Waals surface area (Å²) in [7, 11) is 0. The van der Waals surface area contributed by atoms with E-state index in [1.807, 2.05) is 0 Å². The molecule has 0 aliphatic rings. The van der Waals surface area contributed by atoms with Crippen molar-refractivity contribution in [1.82, 2.24) is 4.81 Å². The normalized spacial score (nSPS) is 11.3. The Balaban J connectivity index is 4.20. The lowest BCUT2D eigenvalue weighted by molar-refractivity contribution is 0.312. The minimum atomic E-state index is -0.0463. The summed E-state index contributed by atoms with van der Waals surface area (Å²) in [6, 6.07) is 0.936. The molecule has 0 unspecified atom stereocenters. The van der Waals surface area contributed by atoms with Crippen molar-refractivity contribution in [3.05, 3.63) is 12.6 Å². The first-order chi connectivity index (χ1) is 5.00. The van der Waals surface area contributed by atoms with E-state index in [-0.39, 0.29) is 6.26 Å². The molecule has 0 bridgehead atoms. The van der Waals surface area contributed by atoms with Gasteiger partial charge in [0.15, 0.2) is 0 Å². The van der Waals surface area contributed by atoms with Gasteiger partial charge in [-0.1, -0.05) is 33.7 Å². The highest BCUT2D eigenvalue weighted by Crippen LogP contribution is 2.10. The number of halogens is 1. The van der Waals surface area contributed by atoms with Gasteiger partial charge in [0, 0.05) is 0 Å². The molecule has 0 saturated heterocycles. The number of rotatable bonds is 4. The second-order valence-electron chi connectivity index (χ2n) is 3.24. The molecule has 0 aliphatic heterocycles. The van der Waals surface area contributed by atoms with Crippen molar-refractivity contribution in [2.75, 3.05) is 0 Å². The maximum Gasteiger partial charge on any atom is 0.356 e. The van der Waals surface area contributed by atoms with Crippen LogP contribution in [0.1, 0.15) is 27.7 Å². The van der Waals surface area contributed by atoms with Crippen LogP contribution in [0.15, 0.2) is 12.6 Å². The predicted molar refractivity (Wildman–Crippen MR) is 53.9 cm³/mol. The first-order valence-corrected chi connectivity index (χ1v) is 4.48. The minimum absolute atomic E-state index is 0.0463. The molecule has 1 nitrogen and oxygen atoms in total. The third kappa shape index (κ3) is 3.30. The average molecular weight is 173 g/mol. The quantitative estimate of drug-likeness (QED) is 0.591. The van der Waals surface area contributed by atoms with Gasteiger partial charge in [-0.3, -0.25) is 0 Å². The Hall–Kier alpha value is 0.0549. The van der Waals surface area contributed by atoms with Crippen molar-refractivity contribution in [2.24, 2.45) is 0 Å². The molecule has 0 aromatic heterocycles. The van der Waals surface area contributed by atoms with E-state index in [2.05, 4.69) is 39.1 Å². The Kier molecular flexibility index (Phi) is 4.86. The minimum Gasteiger partial charge on any atom is -0.320 e. The maximum absolute atomic E-state index is 6.03. The fourth-order valence-electron chi connectivity index (χ4n) is 1.29. The molecule has 0 aromatic carbocycles. The second kappa shape index (κ2) is 4.84. The molecular weight excluding hydrogens is 156 g/mol. The van der Waals surface area contributed by atoms with Gasteiger partial charge < -0.3 is 4.81 Å². The van der Waals surface area contributed by atoms with Gasteiger partial charge in [0.25, 0.3) is 0 Å². The SMILES string of the molecule is C=CB(Cl)N(C(C)C)C(C)C. The summed E-state index contributed by atoms with van der Waals surface area (Å²) >= 11 is 6.03. The Labute approximate surface area is 75.4 Å². The zero-order valence-electron chi connectivity index (χ0n) is 7.84. The fourth-order valence-corrected chi connectivity index (χ4v) is 1.74. The van der Waals surface area contributed by atoms with E-state index < -0.39 is 0 Å². The average Bonchev–Trinajstić information content (AvgIpc) is 1.85. The summed E-state index contributed by atoms with van der Waals surface area (Å²) < 4.78 is 0. The number of hydrogen-bond acceptors (Lipinski definition) is 1. The highest BCUT2D eigenvalue weighted by Gasteiger charge is 2.22. The highest BCUT2D eigenvalue weighted by atomic mass is 35.5. The predicted octanol–water partition coefficient (Wildman–Crippen LogP) is 2.56. The molecule has 0 saturated carbocycles. The molecule has 0 rings (SSSR count). The first-order valence-electron chi connectivity index (χ1n) is 4.04. The van der Waals surface area contributed by atoms with Gasteiger partial charge in [0.1, 0.15) is 0 Å². The van der Waals surface area contributed by atoms with Crippen molar-refractivity contribution >= 4 is 17.7 Å². The van der Waals surface area contributed by atoms with Gasteiger partial charge in [0.05, 0.1) is 0 Å². The second-order valence-corrected chi connectivity index (χ2v) is 3.69. The van der Waals surface area contributed by atoms with Crippen molar-refractivity contribution in [3.63, 3.8) is 0 Å². The van der Waals surface area contributed by atoms with Crippen LogP contribution in [0.25, 0.3) is 0 Å². The van der Waals surface area contributed by atoms with E-state index in [0.29, 0.717) is 12.1 Å². The molecule has 0 aromatic rings. The van der Waals surface area contributed by atoms with Crippen LogP contribution >= 0.6 is 11.5 Å². The lowest BCUT2D eigenvalue weighted by Crippen LogP contribution is -2.44. The summed E-state index contributed by atoms with van der Waals surface area (Å²) in [5, 5.41) is 0. The van der Waals surface area contributed by atoms with Gasteiger partial charge in [-0.25, -0.2) is 0 Å². The van der Waals surface area contributed by atoms with E-state index >= 15 is 0 Å². The van der Waals surface area contributed by atoms with Crippen molar-refractivity contribution in [2.45, 2.75) is 39.8 Å². The third-order valence-electron chi connectivity index (χ3n) is 1.67. The molecule has 64 valence electrons. The molecule has 0 fully saturated rings. The summed E-state index contributed by atoms with van der Waals surface area (Å²) in [4.78, 5) is 2.20. The van der Waals surface area contributed by atoms with Crippen LogP contribution in [0.2, 0.25) is 0 Å². The maximum atomic E-state index is 6.03. The molecule has 0 atom stereocenters. The third-order valence-corrected chi connectivity index (χ3v) is 2.08. The molecule has 0 N–H and O–H groups in total. The fraction of sp³-hybridized carbons (Fsp3) is 0.750. The smallest absolute Gasteiger partial charge is 0.320 e. The summed E-state index contributed by atoms with van der Waals surface area (Å²) in [5.41, 5.74) is 0. The molecular formula is C8H17BClN. The lowest BCUT2D eigenvalue weighted by Gasteiger charge is -2.31. The Bertz CT molecular complexity index is 117. The molecule has 3 heteroatoms. The van der Waals surface area contributed by atoms with E-state index in [0.717, 1.165) is 0 Å². The van der Waals surface area contributed by atoms with Crippen LogP contribution < -0.4 is 0 Å². The van der Waals surface area contributed by atoms with Crippen LogP contribution in [0.3, 0.4) is 0 Å². The molecule has 0 radical (unpaired) electrons. The van der Waals surface area contributed by atoms with Gasteiger partial charge in [-0.2, -0.15) is 11.5 Å². The Morgan fingerprint density at radius 1 is 1.27 bits per heavy atom. The molecule has 0 spiro atoms. The zero-order valence-corrected chi connectivity index (χ0v) is 8.60. The molecule has 0 aliphatic carbocycles. The number of nitrogens with zero attached hydrogens (tertiary/aromatic N) is 1. The van der Waals surface area contributed by atoms with E-state index in [4.69, 9.17) is 11.5 Å². The lowest BCUT2D eigenvalue weighted by atomic mass is 9.86. The summed E-state index contributed by atoms with van der Waals surface area (Å²) in [5.74, 6) is 1.77. The number of hydrogen-bond donors (Lipinski definition) is 0. The topological polar surface area (TPSA) is 3.24 Å². The zero-order chi connectivity index (χ0) is 9.02.